The van der Waals surface area contributed by atoms with E-state index in [0.29, 0.717) is 18.9 Å². The summed E-state index contributed by atoms with van der Waals surface area (Å²) in [5.74, 6) is 1.40. The molecule has 0 bridgehead atoms. The van der Waals surface area contributed by atoms with Gasteiger partial charge in [0.25, 0.3) is 0 Å². The first-order chi connectivity index (χ1) is 14.2. The summed E-state index contributed by atoms with van der Waals surface area (Å²) in [4.78, 5) is 17.6. The number of aliphatic hydroxyl groups excluding tert-OH is 1. The number of nitrogens with zero attached hydrogens (tertiary/aromatic N) is 2. The Kier molecular flexibility index (Phi) is 4.77. The number of ether oxygens (including phenoxy) is 2. The Bertz CT molecular complexity index is 1050. The Morgan fingerprint density at radius 2 is 1.79 bits per heavy atom. The van der Waals surface area contributed by atoms with Crippen molar-refractivity contribution in [1.82, 2.24) is 14.5 Å². The fourth-order valence-electron chi connectivity index (χ4n) is 4.40. The average Bonchev–Trinajstić information content (AvgIpc) is 3.09. The maximum atomic E-state index is 12.4. The lowest BCUT2D eigenvalue weighted by Crippen LogP contribution is -2.48. The van der Waals surface area contributed by atoms with Crippen LogP contribution in [0.4, 0.5) is 0 Å². The SMILES string of the molecule is O=c1[nH]c2ccccc2n1C1CCN(C[C@H](O)[C@H]2COc3ccccc3O2)CC1. The van der Waals surface area contributed by atoms with E-state index in [2.05, 4.69) is 9.88 Å². The number of aromatic amines is 1. The van der Waals surface area contributed by atoms with Crippen molar-refractivity contribution in [3.63, 3.8) is 0 Å². The fraction of sp³-hybridized carbons (Fsp3) is 0.409. The second-order valence-corrected chi connectivity index (χ2v) is 7.83. The van der Waals surface area contributed by atoms with Crippen LogP contribution >= 0.6 is 0 Å². The zero-order valence-electron chi connectivity index (χ0n) is 16.2. The van der Waals surface area contributed by atoms with Gasteiger partial charge in [-0.25, -0.2) is 4.79 Å². The van der Waals surface area contributed by atoms with Crippen molar-refractivity contribution in [2.75, 3.05) is 26.2 Å². The molecule has 29 heavy (non-hydrogen) atoms. The number of likely N-dealkylation sites (tertiary alicyclic amines) is 1. The number of para-hydroxylation sites is 4. The van der Waals surface area contributed by atoms with E-state index in [4.69, 9.17) is 9.47 Å². The monoisotopic (exact) mass is 395 g/mol. The van der Waals surface area contributed by atoms with Gasteiger partial charge in [0.15, 0.2) is 17.6 Å². The first kappa shape index (κ1) is 18.3. The minimum Gasteiger partial charge on any atom is -0.486 e. The molecule has 3 aromatic rings. The van der Waals surface area contributed by atoms with Crippen LogP contribution in [0.1, 0.15) is 18.9 Å². The van der Waals surface area contributed by atoms with E-state index in [1.54, 1.807) is 0 Å². The van der Waals surface area contributed by atoms with Gasteiger partial charge in [-0.1, -0.05) is 24.3 Å². The number of β-amino-alcohol motifs (C(OH)–C–C–N with tert-alkyl or cyclic N) is 1. The zero-order valence-corrected chi connectivity index (χ0v) is 16.2. The molecule has 0 amide bonds. The fourth-order valence-corrected chi connectivity index (χ4v) is 4.40. The van der Waals surface area contributed by atoms with Crippen LogP contribution in [-0.2, 0) is 0 Å². The van der Waals surface area contributed by atoms with Crippen molar-refractivity contribution in [3.05, 3.63) is 59.0 Å². The van der Waals surface area contributed by atoms with E-state index in [-0.39, 0.29) is 17.8 Å². The van der Waals surface area contributed by atoms with E-state index >= 15 is 0 Å². The first-order valence-electron chi connectivity index (χ1n) is 10.2. The highest BCUT2D eigenvalue weighted by molar-refractivity contribution is 5.75. The molecule has 0 saturated carbocycles. The lowest BCUT2D eigenvalue weighted by atomic mass is 10.0. The third-order valence-corrected chi connectivity index (χ3v) is 5.95. The quantitative estimate of drug-likeness (QED) is 0.708. The van der Waals surface area contributed by atoms with Crippen LogP contribution in [0.2, 0.25) is 0 Å². The molecule has 7 nitrogen and oxygen atoms in total. The number of fused-ring (bicyclic) bond motifs is 2. The van der Waals surface area contributed by atoms with Crippen molar-refractivity contribution >= 4 is 11.0 Å². The largest absolute Gasteiger partial charge is 0.486 e. The summed E-state index contributed by atoms with van der Waals surface area (Å²) in [6, 6.07) is 15.5. The standard InChI is InChI=1S/C22H25N3O4/c26-18(21-14-28-19-7-3-4-8-20(19)29-21)13-24-11-9-15(10-12-24)25-17-6-2-1-5-16(17)23-22(25)27/h1-8,15,18,21,26H,9-14H2,(H,23,27)/t18-,21+/m0/s1. The molecule has 0 aliphatic carbocycles. The Hall–Kier alpha value is -2.77. The van der Waals surface area contributed by atoms with Gasteiger partial charge in [-0.3, -0.25) is 4.57 Å². The second-order valence-electron chi connectivity index (χ2n) is 7.83. The maximum Gasteiger partial charge on any atom is 0.326 e. The Labute approximate surface area is 168 Å². The summed E-state index contributed by atoms with van der Waals surface area (Å²) in [6.45, 7) is 2.54. The van der Waals surface area contributed by atoms with Gasteiger partial charge in [-0.2, -0.15) is 0 Å². The molecule has 1 aromatic heterocycles. The molecular weight excluding hydrogens is 370 g/mol. The van der Waals surface area contributed by atoms with Crippen molar-refractivity contribution in [1.29, 1.82) is 0 Å². The van der Waals surface area contributed by atoms with Crippen LogP contribution in [0.15, 0.2) is 53.3 Å². The molecule has 1 saturated heterocycles. The van der Waals surface area contributed by atoms with Gasteiger partial charge in [-0.15, -0.1) is 0 Å². The van der Waals surface area contributed by atoms with Gasteiger partial charge in [-0.05, 0) is 37.1 Å². The summed E-state index contributed by atoms with van der Waals surface area (Å²) in [5.41, 5.74) is 1.79. The second kappa shape index (κ2) is 7.57. The van der Waals surface area contributed by atoms with Crippen LogP contribution in [0.3, 0.4) is 0 Å². The molecule has 152 valence electrons. The number of hydrogen-bond donors (Lipinski definition) is 2. The summed E-state index contributed by atoms with van der Waals surface area (Å²) in [5, 5.41) is 10.7. The molecule has 2 aliphatic heterocycles. The number of aliphatic hydroxyl groups is 1. The van der Waals surface area contributed by atoms with Crippen LogP contribution in [-0.4, -0.2) is 58.0 Å². The van der Waals surface area contributed by atoms with Crippen LogP contribution in [0.5, 0.6) is 11.5 Å². The summed E-state index contributed by atoms with van der Waals surface area (Å²) >= 11 is 0. The van der Waals surface area contributed by atoms with E-state index in [1.165, 1.54) is 0 Å². The molecule has 0 radical (unpaired) electrons. The number of imidazole rings is 1. The number of nitrogens with one attached hydrogen (secondary N) is 1. The molecule has 2 atom stereocenters. The lowest BCUT2D eigenvalue weighted by Gasteiger charge is -2.36. The van der Waals surface area contributed by atoms with E-state index in [9.17, 15) is 9.90 Å². The van der Waals surface area contributed by atoms with Crippen LogP contribution in [0, 0.1) is 0 Å². The third-order valence-electron chi connectivity index (χ3n) is 5.95. The van der Waals surface area contributed by atoms with Gasteiger partial charge in [0.05, 0.1) is 11.0 Å². The smallest absolute Gasteiger partial charge is 0.326 e. The molecule has 7 heteroatoms. The van der Waals surface area contributed by atoms with Crippen molar-refractivity contribution < 1.29 is 14.6 Å². The van der Waals surface area contributed by atoms with E-state index < -0.39 is 6.10 Å². The third kappa shape index (κ3) is 3.52. The summed E-state index contributed by atoms with van der Waals surface area (Å²) in [6.07, 6.45) is 0.744. The van der Waals surface area contributed by atoms with E-state index in [0.717, 1.165) is 42.7 Å². The molecule has 2 aromatic carbocycles. The van der Waals surface area contributed by atoms with Gasteiger partial charge in [0.2, 0.25) is 0 Å². The zero-order chi connectivity index (χ0) is 19.8. The summed E-state index contributed by atoms with van der Waals surface area (Å²) in [7, 11) is 0. The number of H-pyrrole nitrogens is 1. The predicted molar refractivity (Wildman–Crippen MR) is 110 cm³/mol. The molecule has 1 fully saturated rings. The van der Waals surface area contributed by atoms with Crippen molar-refractivity contribution in [3.8, 4) is 11.5 Å². The highest BCUT2D eigenvalue weighted by atomic mass is 16.6. The summed E-state index contributed by atoms with van der Waals surface area (Å²) < 4.78 is 13.5. The van der Waals surface area contributed by atoms with Crippen molar-refractivity contribution in [2.45, 2.75) is 31.1 Å². The highest BCUT2D eigenvalue weighted by Gasteiger charge is 2.31. The molecule has 5 rings (SSSR count). The number of rotatable bonds is 4. The molecule has 0 unspecified atom stereocenters. The molecule has 2 N–H and O–H groups in total. The van der Waals surface area contributed by atoms with Crippen LogP contribution in [0.25, 0.3) is 11.0 Å². The highest BCUT2D eigenvalue weighted by Crippen LogP contribution is 2.32. The minimum atomic E-state index is -0.629. The van der Waals surface area contributed by atoms with Gasteiger partial charge in [0, 0.05) is 25.7 Å². The van der Waals surface area contributed by atoms with Gasteiger partial charge < -0.3 is 24.5 Å². The molecule has 3 heterocycles. The number of aromatic nitrogens is 2. The Morgan fingerprint density at radius 3 is 2.62 bits per heavy atom. The van der Waals surface area contributed by atoms with Gasteiger partial charge >= 0.3 is 5.69 Å². The Morgan fingerprint density at radius 1 is 1.07 bits per heavy atom. The van der Waals surface area contributed by atoms with Crippen molar-refractivity contribution in [2.24, 2.45) is 0 Å². The number of hydrogen-bond acceptors (Lipinski definition) is 5. The van der Waals surface area contributed by atoms with E-state index in [1.807, 2.05) is 53.1 Å². The average molecular weight is 395 g/mol. The number of benzene rings is 2. The lowest BCUT2D eigenvalue weighted by molar-refractivity contribution is -0.0289. The predicted octanol–water partition coefficient (Wildman–Crippen LogP) is 2.17. The Balaban J connectivity index is 1.20. The molecule has 0 spiro atoms. The minimum absolute atomic E-state index is 0.0453. The molecular formula is C22H25N3O4. The first-order valence-corrected chi connectivity index (χ1v) is 10.2. The maximum absolute atomic E-state index is 12.4. The topological polar surface area (TPSA) is 79.7 Å². The van der Waals surface area contributed by atoms with Gasteiger partial charge in [0.1, 0.15) is 12.7 Å². The van der Waals surface area contributed by atoms with Crippen LogP contribution < -0.4 is 15.2 Å². The number of piperidine rings is 1. The normalized spacial score (nSPS) is 21.3. The molecule has 2 aliphatic rings.